The fourth-order valence-corrected chi connectivity index (χ4v) is 8.50. The molecule has 7 atom stereocenters. The highest BCUT2D eigenvalue weighted by Gasteiger charge is 2.68. The van der Waals surface area contributed by atoms with Gasteiger partial charge in [-0.25, -0.2) is 0 Å². The van der Waals surface area contributed by atoms with Crippen LogP contribution in [0.1, 0.15) is 77.2 Å². The molecule has 0 bridgehead atoms. The fraction of sp³-hybridized carbons (Fsp3) is 0.645. The molecule has 40 heavy (non-hydrogen) atoms. The van der Waals surface area contributed by atoms with Gasteiger partial charge in [-0.1, -0.05) is 25.5 Å². The molecule has 3 saturated carbocycles. The number of aromatic nitrogens is 1. The Morgan fingerprint density at radius 3 is 2.70 bits per heavy atom. The molecule has 5 rings (SSSR count). The summed E-state index contributed by atoms with van der Waals surface area (Å²) in [6, 6.07) is 3.60. The first-order valence-electron chi connectivity index (χ1n) is 14.5. The number of nitrogens with one attached hydrogen (secondary N) is 1. The maximum atomic E-state index is 13.4. The number of rotatable bonds is 8. The molecule has 1 heterocycles. The average Bonchev–Trinajstić information content (AvgIpc) is 3.20. The molecule has 7 unspecified atom stereocenters. The molecule has 4 aliphatic rings. The monoisotopic (exact) mass is 552 g/mol. The number of nitrogens with zero attached hydrogens (tertiary/aromatic N) is 1. The summed E-state index contributed by atoms with van der Waals surface area (Å²) < 4.78 is 5.21. The Balaban J connectivity index is 1.18. The standard InChI is InChI=1S/C31H40N2O7/c1-29-11-9-21(34)14-20(29)5-6-22-23-10-12-31(39,30(23,2)15-24(35)28(22)29)25(36)18-40-27(38)8-7-26(37)33-17-19-4-3-13-32-16-19/h3-4,13-14,16,22-24,28,35,39H,5-12,15,17-18H2,1-2H3,(H,33,37). The molecule has 216 valence electrons. The predicted molar refractivity (Wildman–Crippen MR) is 144 cm³/mol. The number of fused-ring (bicyclic) bond motifs is 5. The molecule has 4 aliphatic carbocycles. The van der Waals surface area contributed by atoms with E-state index >= 15 is 0 Å². The Kier molecular flexibility index (Phi) is 7.74. The third kappa shape index (κ3) is 4.91. The molecule has 0 aliphatic heterocycles. The van der Waals surface area contributed by atoms with E-state index in [1.54, 1.807) is 24.5 Å². The molecule has 1 aromatic rings. The van der Waals surface area contributed by atoms with Crippen molar-refractivity contribution in [3.05, 3.63) is 41.7 Å². The van der Waals surface area contributed by atoms with Crippen molar-refractivity contribution in [3.63, 3.8) is 0 Å². The van der Waals surface area contributed by atoms with E-state index in [2.05, 4.69) is 17.2 Å². The highest BCUT2D eigenvalue weighted by Crippen LogP contribution is 2.67. The number of aliphatic hydroxyl groups is 2. The van der Waals surface area contributed by atoms with Crippen molar-refractivity contribution in [2.75, 3.05) is 6.61 Å². The van der Waals surface area contributed by atoms with Crippen LogP contribution in [-0.4, -0.2) is 57.0 Å². The molecule has 0 spiro atoms. The zero-order chi connectivity index (χ0) is 28.7. The topological polar surface area (TPSA) is 143 Å². The van der Waals surface area contributed by atoms with Crippen LogP contribution in [0.5, 0.6) is 0 Å². The van der Waals surface area contributed by atoms with Crippen molar-refractivity contribution in [3.8, 4) is 0 Å². The summed E-state index contributed by atoms with van der Waals surface area (Å²) in [5.41, 5.74) is -0.819. The maximum absolute atomic E-state index is 13.4. The first-order chi connectivity index (χ1) is 19.0. The van der Waals surface area contributed by atoms with Crippen molar-refractivity contribution in [2.24, 2.45) is 28.6 Å². The number of ether oxygens (including phenoxy) is 1. The summed E-state index contributed by atoms with van der Waals surface area (Å²) in [5.74, 6) is -1.22. The minimum absolute atomic E-state index is 0.0155. The molecule has 0 radical (unpaired) electrons. The second-order valence-electron chi connectivity index (χ2n) is 12.7. The van der Waals surface area contributed by atoms with Gasteiger partial charge in [0.2, 0.25) is 11.7 Å². The van der Waals surface area contributed by atoms with Crippen molar-refractivity contribution < 1.29 is 34.1 Å². The minimum Gasteiger partial charge on any atom is -0.458 e. The van der Waals surface area contributed by atoms with Crippen LogP contribution in [-0.2, 0) is 30.5 Å². The number of hydrogen-bond acceptors (Lipinski definition) is 8. The Morgan fingerprint density at radius 1 is 1.15 bits per heavy atom. The molecule has 1 aromatic heterocycles. The van der Waals surface area contributed by atoms with E-state index in [1.807, 2.05) is 13.0 Å². The van der Waals surface area contributed by atoms with Crippen molar-refractivity contribution in [1.29, 1.82) is 0 Å². The van der Waals surface area contributed by atoms with E-state index in [0.29, 0.717) is 19.4 Å². The zero-order valence-corrected chi connectivity index (χ0v) is 23.4. The number of esters is 1. The van der Waals surface area contributed by atoms with Gasteiger partial charge >= 0.3 is 5.97 Å². The van der Waals surface area contributed by atoms with E-state index < -0.39 is 35.5 Å². The third-order valence-corrected chi connectivity index (χ3v) is 10.6. The van der Waals surface area contributed by atoms with Gasteiger partial charge in [0.25, 0.3) is 0 Å². The van der Waals surface area contributed by atoms with Crippen LogP contribution in [0.4, 0.5) is 0 Å². The predicted octanol–water partition coefficient (Wildman–Crippen LogP) is 2.82. The number of carbonyl (C=O) groups is 4. The van der Waals surface area contributed by atoms with Crippen LogP contribution in [0, 0.1) is 28.6 Å². The zero-order valence-electron chi connectivity index (χ0n) is 23.4. The Bertz CT molecular complexity index is 1220. The smallest absolute Gasteiger partial charge is 0.306 e. The van der Waals surface area contributed by atoms with E-state index in [0.717, 1.165) is 30.4 Å². The number of hydrogen-bond donors (Lipinski definition) is 3. The lowest BCUT2D eigenvalue weighted by Crippen LogP contribution is -2.62. The van der Waals surface area contributed by atoms with Crippen LogP contribution in [0.25, 0.3) is 0 Å². The van der Waals surface area contributed by atoms with Gasteiger partial charge in [0.05, 0.1) is 12.5 Å². The number of carbonyl (C=O) groups excluding carboxylic acids is 4. The molecule has 3 N–H and O–H groups in total. The molecule has 0 saturated heterocycles. The van der Waals surface area contributed by atoms with Crippen LogP contribution in [0.3, 0.4) is 0 Å². The van der Waals surface area contributed by atoms with Gasteiger partial charge in [0, 0.05) is 37.2 Å². The van der Waals surface area contributed by atoms with Crippen molar-refractivity contribution in [2.45, 2.75) is 89.9 Å². The van der Waals surface area contributed by atoms with Crippen LogP contribution < -0.4 is 5.32 Å². The number of amides is 1. The summed E-state index contributed by atoms with van der Waals surface area (Å²) >= 11 is 0. The molecule has 9 nitrogen and oxygen atoms in total. The average molecular weight is 553 g/mol. The highest BCUT2D eigenvalue weighted by molar-refractivity contribution is 5.92. The minimum atomic E-state index is -1.70. The van der Waals surface area contributed by atoms with E-state index in [-0.39, 0.29) is 60.5 Å². The second kappa shape index (κ2) is 10.8. The summed E-state index contributed by atoms with van der Waals surface area (Å²) in [6.45, 7) is 3.80. The normalized spacial score (nSPS) is 36.5. The molecule has 0 aromatic carbocycles. The van der Waals surface area contributed by atoms with E-state index in [1.165, 1.54) is 0 Å². The third-order valence-electron chi connectivity index (χ3n) is 10.6. The number of allylic oxidation sites excluding steroid dienone is 1. The van der Waals surface area contributed by atoms with Gasteiger partial charge in [0.15, 0.2) is 12.4 Å². The molecular formula is C31H40N2O7. The molecule has 1 amide bonds. The van der Waals surface area contributed by atoms with Crippen LogP contribution in [0.15, 0.2) is 36.2 Å². The summed E-state index contributed by atoms with van der Waals surface area (Å²) in [7, 11) is 0. The summed E-state index contributed by atoms with van der Waals surface area (Å²) in [5, 5.41) is 26.0. The van der Waals surface area contributed by atoms with Gasteiger partial charge in [-0.05, 0) is 79.4 Å². The summed E-state index contributed by atoms with van der Waals surface area (Å²) in [4.78, 5) is 53.9. The first kappa shape index (κ1) is 28.6. The van der Waals surface area contributed by atoms with E-state index in [4.69, 9.17) is 4.74 Å². The lowest BCUT2D eigenvalue weighted by molar-refractivity contribution is -0.184. The van der Waals surface area contributed by atoms with Gasteiger partial charge in [-0.2, -0.15) is 0 Å². The molecular weight excluding hydrogens is 512 g/mol. The van der Waals surface area contributed by atoms with Crippen LogP contribution in [0.2, 0.25) is 0 Å². The quantitative estimate of drug-likeness (QED) is 0.418. The number of ketones is 2. The van der Waals surface area contributed by atoms with Gasteiger partial charge < -0.3 is 20.3 Å². The van der Waals surface area contributed by atoms with Crippen molar-refractivity contribution in [1.82, 2.24) is 10.3 Å². The molecule has 9 heteroatoms. The number of pyridine rings is 1. The first-order valence-corrected chi connectivity index (χ1v) is 14.5. The lowest BCUT2D eigenvalue weighted by Gasteiger charge is -2.60. The lowest BCUT2D eigenvalue weighted by atomic mass is 9.45. The van der Waals surface area contributed by atoms with E-state index in [9.17, 15) is 29.4 Å². The maximum Gasteiger partial charge on any atom is 0.306 e. The van der Waals surface area contributed by atoms with Gasteiger partial charge in [0.1, 0.15) is 5.60 Å². The molecule has 3 fully saturated rings. The SMILES string of the molecule is CC12CCC(=O)C=C1CCC1C2C(O)CC2(C)C1CCC2(O)C(=O)COC(=O)CCC(=O)NCc1cccnc1. The Hall–Kier alpha value is -2.91. The number of Topliss-reactive ketones (excluding diaryl/α,β-unsaturated/α-hetero) is 1. The van der Waals surface area contributed by atoms with Gasteiger partial charge in [-0.3, -0.25) is 24.2 Å². The summed E-state index contributed by atoms with van der Waals surface area (Å²) in [6.07, 6.45) is 8.12. The van der Waals surface area contributed by atoms with Gasteiger partial charge in [-0.15, -0.1) is 0 Å². The second-order valence-corrected chi connectivity index (χ2v) is 12.7. The number of aliphatic hydroxyl groups excluding tert-OH is 1. The highest BCUT2D eigenvalue weighted by atomic mass is 16.5. The Labute approximate surface area is 234 Å². The van der Waals surface area contributed by atoms with Crippen LogP contribution >= 0.6 is 0 Å². The largest absolute Gasteiger partial charge is 0.458 e. The fourth-order valence-electron chi connectivity index (χ4n) is 8.50. The van der Waals surface area contributed by atoms with Crippen molar-refractivity contribution >= 4 is 23.4 Å². The Morgan fingerprint density at radius 2 is 1.95 bits per heavy atom.